The molecule has 0 unspecified atom stereocenters. The summed E-state index contributed by atoms with van der Waals surface area (Å²) >= 11 is 6.15. The molecule has 0 aliphatic rings. The molecule has 188 valence electrons. The van der Waals surface area contributed by atoms with Gasteiger partial charge in [0.05, 0.1) is 28.8 Å². The molecule has 4 aromatic rings. The molecule has 11 nitrogen and oxygen atoms in total. The van der Waals surface area contributed by atoms with Crippen LogP contribution in [0.3, 0.4) is 0 Å². The highest BCUT2D eigenvalue weighted by Gasteiger charge is 2.22. The zero-order valence-electron chi connectivity index (χ0n) is 20.7. The third kappa shape index (κ3) is 5.16. The predicted molar refractivity (Wildman–Crippen MR) is 142 cm³/mol. The molecule has 0 aliphatic carbocycles. The number of benzene rings is 2. The van der Waals surface area contributed by atoms with Gasteiger partial charge in [0.25, 0.3) is 5.69 Å². The van der Waals surface area contributed by atoms with E-state index < -0.39 is 4.92 Å². The molecule has 0 fully saturated rings. The van der Waals surface area contributed by atoms with Crippen LogP contribution < -0.4 is 15.0 Å². The SMILES string of the molecule is COc1cc(N(C)CCN(C)C)c([N+](=O)[O-])cc1Nc1nccc(-c2nc3ccc(Cl)cc3n2C)n1. The Morgan fingerprint density at radius 3 is 2.61 bits per heavy atom. The van der Waals surface area contributed by atoms with Gasteiger partial charge in [-0.1, -0.05) is 11.6 Å². The Balaban J connectivity index is 1.69. The van der Waals surface area contributed by atoms with Crippen molar-refractivity contribution in [3.8, 4) is 17.3 Å². The molecule has 0 spiro atoms. The number of imidazole rings is 1. The van der Waals surface area contributed by atoms with Crippen molar-refractivity contribution in [2.45, 2.75) is 0 Å². The van der Waals surface area contributed by atoms with Gasteiger partial charge >= 0.3 is 0 Å². The second-order valence-corrected chi connectivity index (χ2v) is 8.98. The molecule has 0 radical (unpaired) electrons. The van der Waals surface area contributed by atoms with Gasteiger partial charge in [0.15, 0.2) is 5.82 Å². The number of hydrogen-bond acceptors (Lipinski definition) is 9. The Labute approximate surface area is 213 Å². The Morgan fingerprint density at radius 2 is 1.92 bits per heavy atom. The zero-order valence-corrected chi connectivity index (χ0v) is 21.4. The van der Waals surface area contributed by atoms with Crippen LogP contribution in [0.25, 0.3) is 22.6 Å². The van der Waals surface area contributed by atoms with Gasteiger partial charge < -0.3 is 24.4 Å². The minimum atomic E-state index is -0.409. The predicted octanol–water partition coefficient (Wildman–Crippen LogP) is 4.34. The molecule has 2 aromatic carbocycles. The van der Waals surface area contributed by atoms with Gasteiger partial charge in [-0.2, -0.15) is 0 Å². The maximum absolute atomic E-state index is 11.9. The summed E-state index contributed by atoms with van der Waals surface area (Å²) in [5.74, 6) is 1.31. The summed E-state index contributed by atoms with van der Waals surface area (Å²) < 4.78 is 7.45. The average Bonchev–Trinajstić information content (AvgIpc) is 3.18. The molecule has 1 N–H and O–H groups in total. The lowest BCUT2D eigenvalue weighted by Crippen LogP contribution is -2.28. The fourth-order valence-electron chi connectivity index (χ4n) is 3.80. The molecule has 0 bridgehead atoms. The number of rotatable bonds is 9. The van der Waals surface area contributed by atoms with Gasteiger partial charge in [0, 0.05) is 50.5 Å². The fourth-order valence-corrected chi connectivity index (χ4v) is 3.97. The number of fused-ring (bicyclic) bond motifs is 1. The Hall–Kier alpha value is -3.96. The lowest BCUT2D eigenvalue weighted by molar-refractivity contribution is -0.384. The first-order valence-corrected chi connectivity index (χ1v) is 11.5. The van der Waals surface area contributed by atoms with Crippen molar-refractivity contribution >= 4 is 45.6 Å². The van der Waals surface area contributed by atoms with Crippen LogP contribution in [0, 0.1) is 10.1 Å². The van der Waals surface area contributed by atoms with E-state index in [0.717, 1.165) is 17.6 Å². The van der Waals surface area contributed by atoms with E-state index in [2.05, 4.69) is 20.3 Å². The number of ether oxygens (including phenoxy) is 1. The molecule has 0 saturated carbocycles. The van der Waals surface area contributed by atoms with Crippen LogP contribution in [0.2, 0.25) is 5.02 Å². The summed E-state index contributed by atoms with van der Waals surface area (Å²) in [6.45, 7) is 1.35. The number of nitrogens with one attached hydrogen (secondary N) is 1. The van der Waals surface area contributed by atoms with E-state index in [1.165, 1.54) is 13.2 Å². The Morgan fingerprint density at radius 1 is 1.14 bits per heavy atom. The van der Waals surface area contributed by atoms with Crippen molar-refractivity contribution in [2.75, 3.05) is 51.6 Å². The molecule has 12 heteroatoms. The summed E-state index contributed by atoms with van der Waals surface area (Å²) in [4.78, 5) is 28.9. The molecule has 2 aromatic heterocycles. The molecule has 0 amide bonds. The van der Waals surface area contributed by atoms with Crippen LogP contribution in [0.1, 0.15) is 0 Å². The van der Waals surface area contributed by atoms with Gasteiger partial charge in [-0.3, -0.25) is 10.1 Å². The van der Waals surface area contributed by atoms with Crippen molar-refractivity contribution in [1.82, 2.24) is 24.4 Å². The van der Waals surface area contributed by atoms with Crippen LogP contribution in [0.5, 0.6) is 5.75 Å². The normalized spacial score (nSPS) is 11.2. The monoisotopic (exact) mass is 510 g/mol. The molecular weight excluding hydrogens is 484 g/mol. The molecule has 0 aliphatic heterocycles. The second kappa shape index (κ2) is 10.3. The highest BCUT2D eigenvalue weighted by atomic mass is 35.5. The van der Waals surface area contributed by atoms with E-state index in [0.29, 0.717) is 40.2 Å². The van der Waals surface area contributed by atoms with Crippen LogP contribution >= 0.6 is 11.6 Å². The number of aromatic nitrogens is 4. The molecular formula is C24H27ClN8O3. The van der Waals surface area contributed by atoms with Gasteiger partial charge in [-0.25, -0.2) is 15.0 Å². The van der Waals surface area contributed by atoms with Gasteiger partial charge in [-0.05, 0) is 38.4 Å². The van der Waals surface area contributed by atoms with Gasteiger partial charge in [0.2, 0.25) is 5.95 Å². The number of halogens is 1. The summed E-state index contributed by atoms with van der Waals surface area (Å²) in [5, 5.41) is 15.6. The van der Waals surface area contributed by atoms with Crippen LogP contribution in [-0.4, -0.2) is 70.7 Å². The largest absolute Gasteiger partial charge is 0.494 e. The Kier molecular flexibility index (Phi) is 7.22. The van der Waals surface area contributed by atoms with Crippen molar-refractivity contribution < 1.29 is 9.66 Å². The Bertz CT molecular complexity index is 1420. The summed E-state index contributed by atoms with van der Waals surface area (Å²) in [7, 11) is 9.11. The number of anilines is 3. The number of aryl methyl sites for hydroxylation is 1. The zero-order chi connectivity index (χ0) is 26.0. The summed E-state index contributed by atoms with van der Waals surface area (Å²) in [5.41, 5.74) is 3.02. The maximum atomic E-state index is 11.9. The van der Waals surface area contributed by atoms with Crippen molar-refractivity contribution in [2.24, 2.45) is 7.05 Å². The van der Waals surface area contributed by atoms with E-state index >= 15 is 0 Å². The van der Waals surface area contributed by atoms with Crippen molar-refractivity contribution in [3.05, 3.63) is 57.7 Å². The molecule has 4 rings (SSSR count). The number of nitrogens with zero attached hydrogens (tertiary/aromatic N) is 7. The molecule has 2 heterocycles. The number of likely N-dealkylation sites (N-methyl/N-ethyl adjacent to an activating group) is 2. The topological polar surface area (TPSA) is 114 Å². The summed E-state index contributed by atoms with van der Waals surface area (Å²) in [6.07, 6.45) is 1.60. The third-order valence-corrected chi connectivity index (χ3v) is 6.00. The first-order chi connectivity index (χ1) is 17.2. The number of hydrogen-bond donors (Lipinski definition) is 1. The van der Waals surface area contributed by atoms with E-state index in [1.54, 1.807) is 24.4 Å². The van der Waals surface area contributed by atoms with Crippen LogP contribution in [0.15, 0.2) is 42.6 Å². The minimum Gasteiger partial charge on any atom is -0.494 e. The fraction of sp³-hybridized carbons (Fsp3) is 0.292. The van der Waals surface area contributed by atoms with Crippen LogP contribution in [0.4, 0.5) is 23.0 Å². The standard InChI is InChI=1S/C24H27ClN8O3/c1-30(2)10-11-31(3)20-14-22(36-5)18(13-21(20)33(34)35)29-24-26-9-8-17(28-24)23-27-16-7-6-15(25)12-19(16)32(23)4/h6-9,12-14H,10-11H2,1-5H3,(H,26,28,29). The highest BCUT2D eigenvalue weighted by molar-refractivity contribution is 6.31. The molecule has 0 saturated heterocycles. The molecule has 36 heavy (non-hydrogen) atoms. The number of nitro groups is 1. The lowest BCUT2D eigenvalue weighted by atomic mass is 10.2. The maximum Gasteiger partial charge on any atom is 0.294 e. The van der Waals surface area contributed by atoms with E-state index in [-0.39, 0.29) is 11.6 Å². The smallest absolute Gasteiger partial charge is 0.294 e. The van der Waals surface area contributed by atoms with E-state index in [9.17, 15) is 10.1 Å². The quantitative estimate of drug-likeness (QED) is 0.259. The average molecular weight is 511 g/mol. The second-order valence-electron chi connectivity index (χ2n) is 8.54. The van der Waals surface area contributed by atoms with Crippen molar-refractivity contribution in [3.63, 3.8) is 0 Å². The minimum absolute atomic E-state index is 0.0528. The van der Waals surface area contributed by atoms with E-state index in [1.807, 2.05) is 54.7 Å². The third-order valence-electron chi connectivity index (χ3n) is 5.76. The highest BCUT2D eigenvalue weighted by Crippen LogP contribution is 2.39. The first kappa shape index (κ1) is 25.1. The van der Waals surface area contributed by atoms with Crippen molar-refractivity contribution in [1.29, 1.82) is 0 Å². The van der Waals surface area contributed by atoms with Gasteiger partial charge in [0.1, 0.15) is 17.1 Å². The number of methoxy groups -OCH3 is 1. The van der Waals surface area contributed by atoms with Crippen LogP contribution in [-0.2, 0) is 7.05 Å². The summed E-state index contributed by atoms with van der Waals surface area (Å²) in [6, 6.07) is 10.3. The molecule has 0 atom stereocenters. The lowest BCUT2D eigenvalue weighted by Gasteiger charge is -2.22. The number of nitro benzene ring substituents is 1. The first-order valence-electron chi connectivity index (χ1n) is 11.1. The van der Waals surface area contributed by atoms with E-state index in [4.69, 9.17) is 16.3 Å². The van der Waals surface area contributed by atoms with Gasteiger partial charge in [-0.15, -0.1) is 0 Å².